The summed E-state index contributed by atoms with van der Waals surface area (Å²) >= 11 is 0. The second kappa shape index (κ2) is 7.97. The van der Waals surface area contributed by atoms with E-state index >= 15 is 0 Å². The van der Waals surface area contributed by atoms with Crippen LogP contribution in [0.15, 0.2) is 42.6 Å². The first kappa shape index (κ1) is 18.5. The summed E-state index contributed by atoms with van der Waals surface area (Å²) in [6, 6.07) is 9.33. The van der Waals surface area contributed by atoms with E-state index in [1.165, 1.54) is 6.08 Å². The van der Waals surface area contributed by atoms with E-state index in [2.05, 4.69) is 4.98 Å². The van der Waals surface area contributed by atoms with E-state index in [4.69, 9.17) is 4.74 Å². The lowest BCUT2D eigenvalue weighted by Gasteiger charge is -2.26. The first-order valence-corrected chi connectivity index (χ1v) is 10.3. The molecule has 0 radical (unpaired) electrons. The Balaban J connectivity index is 1.81. The summed E-state index contributed by atoms with van der Waals surface area (Å²) in [4.78, 5) is 18.7. The molecule has 0 saturated carbocycles. The highest BCUT2D eigenvalue weighted by Crippen LogP contribution is 2.20. The van der Waals surface area contributed by atoms with Crippen LogP contribution in [0.2, 0.25) is 0 Å². The van der Waals surface area contributed by atoms with Gasteiger partial charge in [0.25, 0.3) is 0 Å². The van der Waals surface area contributed by atoms with Crippen LogP contribution in [0.1, 0.15) is 12.0 Å². The number of ether oxygens (including phenoxy) is 1. The Morgan fingerprint density at radius 2 is 2.15 bits per heavy atom. The first-order chi connectivity index (χ1) is 12.5. The van der Waals surface area contributed by atoms with Gasteiger partial charge in [0.05, 0.1) is 23.6 Å². The Kier molecular flexibility index (Phi) is 5.68. The van der Waals surface area contributed by atoms with Crippen molar-refractivity contribution < 1.29 is 17.9 Å². The van der Waals surface area contributed by atoms with Crippen molar-refractivity contribution in [3.8, 4) is 0 Å². The summed E-state index contributed by atoms with van der Waals surface area (Å²) in [6.45, 7) is 0.736. The van der Waals surface area contributed by atoms with Crippen LogP contribution >= 0.6 is 0 Å². The Labute approximate surface area is 153 Å². The molecule has 1 aromatic heterocycles. The zero-order valence-electron chi connectivity index (χ0n) is 14.7. The predicted molar refractivity (Wildman–Crippen MR) is 101 cm³/mol. The fourth-order valence-electron chi connectivity index (χ4n) is 3.20. The van der Waals surface area contributed by atoms with Gasteiger partial charge in [-0.05, 0) is 18.6 Å². The maximum atomic E-state index is 12.7. The highest BCUT2D eigenvalue weighted by Gasteiger charge is 2.33. The number of hydrogen-bond donors (Lipinski definition) is 0. The molecule has 2 heterocycles. The number of para-hydroxylation sites is 1. The molecule has 138 valence electrons. The van der Waals surface area contributed by atoms with Crippen LogP contribution in [0.3, 0.4) is 0 Å². The fraction of sp³-hybridized carbons (Fsp3) is 0.368. The monoisotopic (exact) mass is 374 g/mol. The number of rotatable bonds is 6. The Morgan fingerprint density at radius 3 is 2.88 bits per heavy atom. The average Bonchev–Trinajstić information content (AvgIpc) is 2.99. The van der Waals surface area contributed by atoms with Crippen LogP contribution in [0, 0.1) is 0 Å². The van der Waals surface area contributed by atoms with Gasteiger partial charge in [0, 0.05) is 42.9 Å². The second-order valence-electron chi connectivity index (χ2n) is 6.34. The fourth-order valence-corrected chi connectivity index (χ4v) is 4.93. The number of methoxy groups -OCH3 is 1. The van der Waals surface area contributed by atoms with E-state index in [0.717, 1.165) is 16.5 Å². The van der Waals surface area contributed by atoms with Gasteiger partial charge in [-0.1, -0.05) is 24.3 Å². The summed E-state index contributed by atoms with van der Waals surface area (Å²) in [7, 11) is -1.50. The van der Waals surface area contributed by atoms with Crippen molar-refractivity contribution in [2.45, 2.75) is 12.5 Å². The number of carbonyl (C=O) groups is 1. The standard InChI is InChI=1S/C19H22N2O4S/c1-25-12-11-21(17-9-13-26(23,24)14-17)18(22)8-7-16-5-2-4-15-6-3-10-20-19(15)16/h2-8,10,17H,9,11-14H2,1H3/b8-7+. The van der Waals surface area contributed by atoms with E-state index in [0.29, 0.717) is 19.6 Å². The normalized spacial score (nSPS) is 19.2. The molecule has 0 N–H and O–H groups in total. The first-order valence-electron chi connectivity index (χ1n) is 8.52. The van der Waals surface area contributed by atoms with Crippen LogP contribution in [-0.4, -0.2) is 62.0 Å². The largest absolute Gasteiger partial charge is 0.383 e. The summed E-state index contributed by atoms with van der Waals surface area (Å²) in [5.41, 5.74) is 1.67. The zero-order chi connectivity index (χ0) is 18.6. The predicted octanol–water partition coefficient (Wildman–Crippen LogP) is 1.91. The van der Waals surface area contributed by atoms with Crippen molar-refractivity contribution in [2.24, 2.45) is 0 Å². The molecule has 0 aliphatic carbocycles. The number of benzene rings is 1. The quantitative estimate of drug-likeness (QED) is 0.722. The molecule has 7 heteroatoms. The highest BCUT2D eigenvalue weighted by atomic mass is 32.2. The van der Waals surface area contributed by atoms with E-state index < -0.39 is 9.84 Å². The molecule has 2 aromatic rings. The molecule has 1 atom stereocenters. The molecule has 1 unspecified atom stereocenters. The van der Waals surface area contributed by atoms with Crippen LogP contribution < -0.4 is 0 Å². The summed E-state index contributed by atoms with van der Waals surface area (Å²) in [6.07, 6.45) is 5.42. The van der Waals surface area contributed by atoms with Crippen molar-refractivity contribution in [3.63, 3.8) is 0 Å². The topological polar surface area (TPSA) is 76.6 Å². The van der Waals surface area contributed by atoms with Gasteiger partial charge in [-0.15, -0.1) is 0 Å². The minimum absolute atomic E-state index is 0.0200. The lowest BCUT2D eigenvalue weighted by Crippen LogP contribution is -2.42. The molecular formula is C19H22N2O4S. The lowest BCUT2D eigenvalue weighted by atomic mass is 10.1. The third-order valence-electron chi connectivity index (χ3n) is 4.54. The molecule has 3 rings (SSSR count). The Morgan fingerprint density at radius 1 is 1.35 bits per heavy atom. The molecule has 1 amide bonds. The molecule has 1 aromatic carbocycles. The number of carbonyl (C=O) groups excluding carboxylic acids is 1. The molecule has 0 spiro atoms. The number of hydrogen-bond acceptors (Lipinski definition) is 5. The molecule has 6 nitrogen and oxygen atoms in total. The summed E-state index contributed by atoms with van der Waals surface area (Å²) in [5, 5.41) is 1.00. The number of fused-ring (bicyclic) bond motifs is 1. The van der Waals surface area contributed by atoms with Gasteiger partial charge in [0.15, 0.2) is 9.84 Å². The van der Waals surface area contributed by atoms with Gasteiger partial charge in [0.1, 0.15) is 0 Å². The van der Waals surface area contributed by atoms with Crippen molar-refractivity contribution >= 4 is 32.7 Å². The van der Waals surface area contributed by atoms with E-state index in [1.807, 2.05) is 30.3 Å². The summed E-state index contributed by atoms with van der Waals surface area (Å²) in [5.74, 6) is -0.0607. The molecule has 26 heavy (non-hydrogen) atoms. The Bertz CT molecular complexity index is 919. The molecule has 1 saturated heterocycles. The van der Waals surface area contributed by atoms with E-state index in [9.17, 15) is 13.2 Å². The molecule has 0 bridgehead atoms. The average molecular weight is 374 g/mol. The maximum absolute atomic E-state index is 12.7. The minimum Gasteiger partial charge on any atom is -0.383 e. The van der Waals surface area contributed by atoms with Crippen LogP contribution in [0.4, 0.5) is 0 Å². The van der Waals surface area contributed by atoms with Gasteiger partial charge in [-0.25, -0.2) is 8.42 Å². The van der Waals surface area contributed by atoms with Gasteiger partial charge in [-0.2, -0.15) is 0 Å². The van der Waals surface area contributed by atoms with Crippen LogP contribution in [0.25, 0.3) is 17.0 Å². The smallest absolute Gasteiger partial charge is 0.246 e. The number of sulfone groups is 1. The summed E-state index contributed by atoms with van der Waals surface area (Å²) < 4.78 is 28.6. The molecule has 1 fully saturated rings. The highest BCUT2D eigenvalue weighted by molar-refractivity contribution is 7.91. The van der Waals surface area contributed by atoms with Crippen molar-refractivity contribution in [1.29, 1.82) is 0 Å². The molecular weight excluding hydrogens is 352 g/mol. The number of aromatic nitrogens is 1. The van der Waals surface area contributed by atoms with Gasteiger partial charge < -0.3 is 9.64 Å². The van der Waals surface area contributed by atoms with Crippen LogP contribution in [0.5, 0.6) is 0 Å². The van der Waals surface area contributed by atoms with Crippen molar-refractivity contribution in [3.05, 3.63) is 48.2 Å². The minimum atomic E-state index is -3.06. The van der Waals surface area contributed by atoms with Crippen LogP contribution in [-0.2, 0) is 19.4 Å². The van der Waals surface area contributed by atoms with Crippen molar-refractivity contribution in [1.82, 2.24) is 9.88 Å². The Hall–Kier alpha value is -2.25. The number of amides is 1. The number of nitrogens with zero attached hydrogens (tertiary/aromatic N) is 2. The maximum Gasteiger partial charge on any atom is 0.246 e. The van der Waals surface area contributed by atoms with Gasteiger partial charge in [-0.3, -0.25) is 9.78 Å². The van der Waals surface area contributed by atoms with E-state index in [-0.39, 0.29) is 23.5 Å². The van der Waals surface area contributed by atoms with Gasteiger partial charge in [0.2, 0.25) is 5.91 Å². The lowest BCUT2D eigenvalue weighted by molar-refractivity contribution is -0.128. The SMILES string of the molecule is COCCN(C(=O)/C=C/c1cccc2cccnc12)C1CCS(=O)(=O)C1. The van der Waals surface area contributed by atoms with E-state index in [1.54, 1.807) is 24.3 Å². The second-order valence-corrected chi connectivity index (χ2v) is 8.57. The zero-order valence-corrected chi connectivity index (χ0v) is 15.5. The third-order valence-corrected chi connectivity index (χ3v) is 6.29. The van der Waals surface area contributed by atoms with Crippen molar-refractivity contribution in [2.75, 3.05) is 31.8 Å². The third kappa shape index (κ3) is 4.28. The van der Waals surface area contributed by atoms with Gasteiger partial charge >= 0.3 is 0 Å². The number of pyridine rings is 1. The molecule has 1 aliphatic rings. The molecule has 1 aliphatic heterocycles.